The zero-order valence-electron chi connectivity index (χ0n) is 20.9. The first kappa shape index (κ1) is 28.2. The molecule has 0 saturated carbocycles. The molecule has 0 unspecified atom stereocenters. The largest absolute Gasteiger partial charge is 0.493 e. The van der Waals surface area contributed by atoms with E-state index in [1.54, 1.807) is 48.5 Å². The standard InChI is InChI=1S/C26H28N4O7S/c1-35-23-13-12-22(14-24(23)36-2)38(33,34)30(16-20-6-4-3-5-7-20)17-26(32)29-28-15-19-8-10-21(11-9-19)37-18-25(27)31/h3-15H,16-18H2,1-2H3,(H2,27,31)(H,29,32)/b28-15-. The van der Waals surface area contributed by atoms with Crippen LogP contribution in [0.25, 0.3) is 0 Å². The lowest BCUT2D eigenvalue weighted by Crippen LogP contribution is -2.39. The number of nitrogens with zero attached hydrogens (tertiary/aromatic N) is 2. The highest BCUT2D eigenvalue weighted by Crippen LogP contribution is 2.31. The Morgan fingerprint density at radius 3 is 2.29 bits per heavy atom. The molecule has 0 saturated heterocycles. The Hall–Kier alpha value is -4.42. The number of carbonyl (C=O) groups excluding carboxylic acids is 2. The average molecular weight is 541 g/mol. The molecule has 38 heavy (non-hydrogen) atoms. The van der Waals surface area contributed by atoms with Crippen LogP contribution in [0.2, 0.25) is 0 Å². The summed E-state index contributed by atoms with van der Waals surface area (Å²) >= 11 is 0. The van der Waals surface area contributed by atoms with Crippen LogP contribution in [0.1, 0.15) is 11.1 Å². The lowest BCUT2D eigenvalue weighted by molar-refractivity contribution is -0.121. The van der Waals surface area contributed by atoms with Gasteiger partial charge in [-0.15, -0.1) is 0 Å². The van der Waals surface area contributed by atoms with Crippen molar-refractivity contribution in [1.82, 2.24) is 9.73 Å². The molecule has 2 amide bonds. The van der Waals surface area contributed by atoms with Gasteiger partial charge in [0.25, 0.3) is 11.8 Å². The molecule has 0 spiro atoms. The van der Waals surface area contributed by atoms with Crippen molar-refractivity contribution < 1.29 is 32.2 Å². The van der Waals surface area contributed by atoms with E-state index in [0.717, 1.165) is 4.31 Å². The number of carbonyl (C=O) groups is 2. The molecule has 0 radical (unpaired) electrons. The third-order valence-electron chi connectivity index (χ3n) is 5.18. The van der Waals surface area contributed by atoms with Gasteiger partial charge in [-0.25, -0.2) is 13.8 Å². The Morgan fingerprint density at radius 1 is 0.974 bits per heavy atom. The summed E-state index contributed by atoms with van der Waals surface area (Å²) in [5.74, 6) is -0.161. The molecular weight excluding hydrogens is 512 g/mol. The number of sulfonamides is 1. The second-order valence-electron chi connectivity index (χ2n) is 7.89. The van der Waals surface area contributed by atoms with Gasteiger partial charge in [-0.1, -0.05) is 30.3 Å². The second kappa shape index (κ2) is 13.2. The van der Waals surface area contributed by atoms with E-state index in [2.05, 4.69) is 10.5 Å². The van der Waals surface area contributed by atoms with Gasteiger partial charge in [-0.05, 0) is 47.5 Å². The number of rotatable bonds is 13. The highest BCUT2D eigenvalue weighted by molar-refractivity contribution is 7.89. The molecule has 0 atom stereocenters. The van der Waals surface area contributed by atoms with Crippen LogP contribution in [-0.4, -0.2) is 58.1 Å². The highest BCUT2D eigenvalue weighted by atomic mass is 32.2. The molecule has 0 aliphatic rings. The summed E-state index contributed by atoms with van der Waals surface area (Å²) in [4.78, 5) is 23.4. The molecule has 0 aliphatic carbocycles. The van der Waals surface area contributed by atoms with Crippen molar-refractivity contribution in [2.75, 3.05) is 27.4 Å². The first-order valence-electron chi connectivity index (χ1n) is 11.3. The van der Waals surface area contributed by atoms with Crippen LogP contribution >= 0.6 is 0 Å². The smallest absolute Gasteiger partial charge is 0.255 e. The maximum absolute atomic E-state index is 13.5. The topological polar surface area (TPSA) is 150 Å². The van der Waals surface area contributed by atoms with Crippen LogP contribution in [0.15, 0.2) is 82.8 Å². The van der Waals surface area contributed by atoms with Crippen molar-refractivity contribution in [2.24, 2.45) is 10.8 Å². The molecule has 11 nitrogen and oxygen atoms in total. The van der Waals surface area contributed by atoms with Crippen molar-refractivity contribution >= 4 is 28.1 Å². The summed E-state index contributed by atoms with van der Waals surface area (Å²) in [5, 5.41) is 3.91. The van der Waals surface area contributed by atoms with Crippen LogP contribution in [0.5, 0.6) is 17.2 Å². The number of hydrogen-bond acceptors (Lipinski definition) is 8. The van der Waals surface area contributed by atoms with Gasteiger partial charge in [0.1, 0.15) is 5.75 Å². The van der Waals surface area contributed by atoms with E-state index >= 15 is 0 Å². The Labute approximate surface area is 220 Å². The first-order valence-corrected chi connectivity index (χ1v) is 12.8. The van der Waals surface area contributed by atoms with Gasteiger partial charge in [0.05, 0.1) is 31.9 Å². The van der Waals surface area contributed by atoms with E-state index < -0.39 is 28.4 Å². The number of primary amides is 1. The molecule has 0 aromatic heterocycles. The molecule has 3 N–H and O–H groups in total. The van der Waals surface area contributed by atoms with E-state index in [4.69, 9.17) is 19.9 Å². The zero-order valence-corrected chi connectivity index (χ0v) is 21.7. The van der Waals surface area contributed by atoms with Gasteiger partial charge in [0.2, 0.25) is 10.0 Å². The number of amides is 2. The maximum Gasteiger partial charge on any atom is 0.255 e. The minimum Gasteiger partial charge on any atom is -0.493 e. The van der Waals surface area contributed by atoms with Gasteiger partial charge in [-0.2, -0.15) is 9.41 Å². The van der Waals surface area contributed by atoms with Crippen molar-refractivity contribution in [3.8, 4) is 17.2 Å². The predicted molar refractivity (Wildman–Crippen MR) is 140 cm³/mol. The highest BCUT2D eigenvalue weighted by Gasteiger charge is 2.28. The van der Waals surface area contributed by atoms with Gasteiger partial charge >= 0.3 is 0 Å². The number of nitrogens with one attached hydrogen (secondary N) is 1. The van der Waals surface area contributed by atoms with Crippen LogP contribution < -0.4 is 25.4 Å². The van der Waals surface area contributed by atoms with Gasteiger partial charge in [0, 0.05) is 12.6 Å². The lowest BCUT2D eigenvalue weighted by Gasteiger charge is -2.22. The maximum atomic E-state index is 13.5. The third-order valence-corrected chi connectivity index (χ3v) is 6.97. The normalized spacial score (nSPS) is 11.3. The van der Waals surface area contributed by atoms with Gasteiger partial charge in [0.15, 0.2) is 18.1 Å². The number of nitrogens with two attached hydrogens (primary N) is 1. The van der Waals surface area contributed by atoms with E-state index in [1.165, 1.54) is 38.6 Å². The van der Waals surface area contributed by atoms with Crippen LogP contribution in [-0.2, 0) is 26.2 Å². The molecule has 0 heterocycles. The monoisotopic (exact) mass is 540 g/mol. The summed E-state index contributed by atoms with van der Waals surface area (Å²) in [5.41, 5.74) is 8.74. The predicted octanol–water partition coefficient (Wildman–Crippen LogP) is 1.91. The van der Waals surface area contributed by atoms with Gasteiger partial charge < -0.3 is 19.9 Å². The van der Waals surface area contributed by atoms with E-state index in [-0.39, 0.29) is 23.8 Å². The Bertz CT molecular complexity index is 1380. The van der Waals surface area contributed by atoms with E-state index in [1.807, 2.05) is 6.07 Å². The summed E-state index contributed by atoms with van der Waals surface area (Å²) in [6.07, 6.45) is 1.39. The molecule has 0 fully saturated rings. The van der Waals surface area contributed by atoms with Crippen LogP contribution in [0.3, 0.4) is 0 Å². The average Bonchev–Trinajstić information content (AvgIpc) is 2.92. The van der Waals surface area contributed by atoms with E-state index in [9.17, 15) is 18.0 Å². The van der Waals surface area contributed by atoms with Crippen molar-refractivity contribution in [2.45, 2.75) is 11.4 Å². The Kier molecular flexibility index (Phi) is 9.79. The molecule has 12 heteroatoms. The zero-order chi connectivity index (χ0) is 27.5. The molecule has 3 aromatic carbocycles. The number of ether oxygens (including phenoxy) is 3. The van der Waals surface area contributed by atoms with Gasteiger partial charge in [-0.3, -0.25) is 9.59 Å². The fourth-order valence-corrected chi connectivity index (χ4v) is 4.72. The quantitative estimate of drug-likeness (QED) is 0.248. The fourth-order valence-electron chi connectivity index (χ4n) is 3.32. The third kappa shape index (κ3) is 7.79. The minimum atomic E-state index is -4.11. The van der Waals surface area contributed by atoms with Crippen molar-refractivity contribution in [3.63, 3.8) is 0 Å². The van der Waals surface area contributed by atoms with Crippen LogP contribution in [0.4, 0.5) is 0 Å². The molecule has 3 rings (SSSR count). The molecule has 3 aromatic rings. The lowest BCUT2D eigenvalue weighted by atomic mass is 10.2. The molecule has 0 aliphatic heterocycles. The Balaban J connectivity index is 1.74. The number of hydrazone groups is 1. The summed E-state index contributed by atoms with van der Waals surface area (Å²) < 4.78 is 43.7. The Morgan fingerprint density at radius 2 is 1.66 bits per heavy atom. The van der Waals surface area contributed by atoms with Crippen LogP contribution in [0, 0.1) is 0 Å². The first-order chi connectivity index (χ1) is 18.2. The number of benzene rings is 3. The molecule has 0 bridgehead atoms. The van der Waals surface area contributed by atoms with E-state index in [0.29, 0.717) is 22.6 Å². The summed E-state index contributed by atoms with van der Waals surface area (Å²) in [7, 11) is -1.25. The summed E-state index contributed by atoms with van der Waals surface area (Å²) in [6, 6.07) is 19.7. The molecule has 200 valence electrons. The number of hydrogen-bond donors (Lipinski definition) is 2. The SMILES string of the molecule is COc1ccc(S(=O)(=O)N(CC(=O)N/N=C\c2ccc(OCC(N)=O)cc2)Cc2ccccc2)cc1OC. The summed E-state index contributed by atoms with van der Waals surface area (Å²) in [6.45, 7) is -0.764. The van der Waals surface area contributed by atoms with Crippen molar-refractivity contribution in [1.29, 1.82) is 0 Å². The molecular formula is C26H28N4O7S. The second-order valence-corrected chi connectivity index (χ2v) is 9.83. The van der Waals surface area contributed by atoms with Crippen molar-refractivity contribution in [3.05, 3.63) is 83.9 Å². The fraction of sp³-hybridized carbons (Fsp3) is 0.192. The number of methoxy groups -OCH3 is 2. The minimum absolute atomic E-state index is 0.0403.